The van der Waals surface area contributed by atoms with Crippen molar-refractivity contribution in [3.63, 3.8) is 0 Å². The van der Waals surface area contributed by atoms with Gasteiger partial charge >= 0.3 is 0 Å². The molecule has 0 amide bonds. The van der Waals surface area contributed by atoms with E-state index in [-0.39, 0.29) is 0 Å². The highest BCUT2D eigenvalue weighted by atomic mass is 15.3. The molecule has 6 rings (SSSR count). The van der Waals surface area contributed by atoms with E-state index in [2.05, 4.69) is 15.5 Å². The summed E-state index contributed by atoms with van der Waals surface area (Å²) in [4.78, 5) is 2.85. The highest BCUT2D eigenvalue weighted by Gasteiger charge is 2.44. The van der Waals surface area contributed by atoms with Crippen molar-refractivity contribution >= 4 is 0 Å². The average molecular weight is 221 g/mol. The lowest BCUT2D eigenvalue weighted by molar-refractivity contribution is -0.0171. The van der Waals surface area contributed by atoms with E-state index >= 15 is 0 Å². The second kappa shape index (κ2) is 3.69. The third kappa shape index (κ3) is 1.45. The van der Waals surface area contributed by atoms with Crippen LogP contribution in [0.5, 0.6) is 0 Å². The van der Waals surface area contributed by atoms with E-state index in [0.717, 1.165) is 30.1 Å². The quantitative estimate of drug-likeness (QED) is 0.677. The van der Waals surface area contributed by atoms with Crippen LogP contribution >= 0.6 is 0 Å². The van der Waals surface area contributed by atoms with Crippen molar-refractivity contribution in [2.45, 2.75) is 56.3 Å². The molecule has 5 aliphatic heterocycles. The first-order valence-electron chi connectivity index (χ1n) is 7.12. The Bertz CT molecular complexity index is 236. The maximum atomic E-state index is 3.76. The van der Waals surface area contributed by atoms with Gasteiger partial charge in [-0.2, -0.15) is 0 Å². The highest BCUT2D eigenvalue weighted by molar-refractivity contribution is 5.03. The number of rotatable bonds is 1. The number of nitrogens with zero attached hydrogens (tertiary/aromatic N) is 1. The molecule has 0 aromatic heterocycles. The lowest BCUT2D eigenvalue weighted by Crippen LogP contribution is -2.69. The van der Waals surface area contributed by atoms with Crippen molar-refractivity contribution in [3.8, 4) is 0 Å². The van der Waals surface area contributed by atoms with Crippen molar-refractivity contribution in [3.05, 3.63) is 0 Å². The molecule has 6 aliphatic rings. The van der Waals surface area contributed by atoms with Gasteiger partial charge in [-0.1, -0.05) is 0 Å². The summed E-state index contributed by atoms with van der Waals surface area (Å²) in [6.07, 6.45) is 7.23. The summed E-state index contributed by atoms with van der Waals surface area (Å²) in [5, 5.41) is 7.43. The fraction of sp³-hybridized carbons (Fsp3) is 1.00. The molecule has 5 heterocycles. The summed E-state index contributed by atoms with van der Waals surface area (Å²) in [5.41, 5.74) is 0. The van der Waals surface area contributed by atoms with Crippen molar-refractivity contribution in [2.24, 2.45) is 5.92 Å². The van der Waals surface area contributed by atoms with E-state index < -0.39 is 0 Å². The summed E-state index contributed by atoms with van der Waals surface area (Å²) in [6.45, 7) is 3.86. The van der Waals surface area contributed by atoms with E-state index in [1.54, 1.807) is 0 Å². The summed E-state index contributed by atoms with van der Waals surface area (Å²) in [6, 6.07) is 3.31. The van der Waals surface area contributed by atoms with E-state index in [9.17, 15) is 0 Å². The number of piperidine rings is 4. The molecule has 4 bridgehead atoms. The maximum absolute atomic E-state index is 3.76. The number of nitrogens with one attached hydrogen (secondary N) is 2. The van der Waals surface area contributed by atoms with Crippen LogP contribution in [0, 0.1) is 5.92 Å². The van der Waals surface area contributed by atoms with E-state index in [1.165, 1.54) is 51.7 Å². The second-order valence-corrected chi connectivity index (χ2v) is 6.29. The Morgan fingerprint density at radius 1 is 0.938 bits per heavy atom. The Morgan fingerprint density at radius 2 is 1.94 bits per heavy atom. The minimum atomic E-state index is 0.797. The summed E-state index contributed by atoms with van der Waals surface area (Å²) >= 11 is 0. The standard InChI is InChI=1S/C13H23N3/c1-4-12-13(5-9(1)6-15-12)16-8-10-2-3-11(16)7-14-10/h9-15H,1-8H2. The van der Waals surface area contributed by atoms with Gasteiger partial charge in [-0.15, -0.1) is 0 Å². The predicted octanol–water partition coefficient (Wildman–Crippen LogP) is 0.563. The van der Waals surface area contributed by atoms with E-state index in [0.29, 0.717) is 0 Å². The van der Waals surface area contributed by atoms with E-state index in [1.807, 2.05) is 0 Å². The summed E-state index contributed by atoms with van der Waals surface area (Å²) in [7, 11) is 0. The fourth-order valence-corrected chi connectivity index (χ4v) is 4.49. The molecule has 5 unspecified atom stereocenters. The van der Waals surface area contributed by atoms with Crippen LogP contribution in [-0.4, -0.2) is 48.7 Å². The Kier molecular flexibility index (Phi) is 2.27. The van der Waals surface area contributed by atoms with Gasteiger partial charge in [0.15, 0.2) is 0 Å². The Labute approximate surface area is 98.0 Å². The third-order valence-corrected chi connectivity index (χ3v) is 5.41. The minimum Gasteiger partial charge on any atom is -0.312 e. The van der Waals surface area contributed by atoms with Crippen LogP contribution in [0.25, 0.3) is 0 Å². The van der Waals surface area contributed by atoms with Crippen molar-refractivity contribution in [1.29, 1.82) is 0 Å². The highest BCUT2D eigenvalue weighted by Crippen LogP contribution is 2.36. The molecule has 6 fully saturated rings. The molecule has 0 radical (unpaired) electrons. The number of hydrogen-bond donors (Lipinski definition) is 2. The molecule has 0 spiro atoms. The van der Waals surface area contributed by atoms with Gasteiger partial charge in [-0.05, 0) is 44.6 Å². The SMILES string of the molecule is C1CC2NCC1CC2N1CC2CCC1CN2. The number of fused-ring (bicyclic) bond motifs is 7. The van der Waals surface area contributed by atoms with Crippen molar-refractivity contribution in [2.75, 3.05) is 19.6 Å². The van der Waals surface area contributed by atoms with Crippen LogP contribution in [0.15, 0.2) is 0 Å². The van der Waals surface area contributed by atoms with Crippen molar-refractivity contribution in [1.82, 2.24) is 15.5 Å². The van der Waals surface area contributed by atoms with Gasteiger partial charge in [0.1, 0.15) is 0 Å². The van der Waals surface area contributed by atoms with Gasteiger partial charge in [-0.3, -0.25) is 4.90 Å². The van der Waals surface area contributed by atoms with Gasteiger partial charge in [0.05, 0.1) is 0 Å². The topological polar surface area (TPSA) is 27.3 Å². The maximum Gasteiger partial charge on any atom is 0.0256 e. The molecule has 0 aromatic rings. The first kappa shape index (κ1) is 9.86. The van der Waals surface area contributed by atoms with E-state index in [4.69, 9.17) is 0 Å². The Hall–Kier alpha value is -0.120. The predicted molar refractivity (Wildman–Crippen MR) is 64.4 cm³/mol. The van der Waals surface area contributed by atoms with Gasteiger partial charge in [0.25, 0.3) is 0 Å². The molecular formula is C13H23N3. The van der Waals surface area contributed by atoms with Crippen LogP contribution in [0.3, 0.4) is 0 Å². The first-order chi connectivity index (χ1) is 7.90. The average Bonchev–Trinajstić information content (AvgIpc) is 2.41. The lowest BCUT2D eigenvalue weighted by atomic mass is 9.75. The van der Waals surface area contributed by atoms with Crippen LogP contribution in [-0.2, 0) is 0 Å². The van der Waals surface area contributed by atoms with Gasteiger partial charge in [0.2, 0.25) is 0 Å². The fourth-order valence-electron chi connectivity index (χ4n) is 4.49. The third-order valence-electron chi connectivity index (χ3n) is 5.41. The second-order valence-electron chi connectivity index (χ2n) is 6.29. The van der Waals surface area contributed by atoms with Crippen molar-refractivity contribution < 1.29 is 0 Å². The molecule has 90 valence electrons. The Balaban J connectivity index is 1.53. The monoisotopic (exact) mass is 221 g/mol. The zero-order valence-corrected chi connectivity index (χ0v) is 9.99. The van der Waals surface area contributed by atoms with Gasteiger partial charge < -0.3 is 10.6 Å². The van der Waals surface area contributed by atoms with Crippen LogP contribution < -0.4 is 10.6 Å². The van der Waals surface area contributed by atoms with Crippen LogP contribution in [0.1, 0.15) is 32.1 Å². The molecule has 2 N–H and O–H groups in total. The molecule has 3 nitrogen and oxygen atoms in total. The zero-order chi connectivity index (χ0) is 10.5. The number of hydrogen-bond acceptors (Lipinski definition) is 3. The first-order valence-corrected chi connectivity index (χ1v) is 7.12. The van der Waals surface area contributed by atoms with Gasteiger partial charge in [-0.25, -0.2) is 0 Å². The molecule has 0 aromatic carbocycles. The molecule has 5 saturated heterocycles. The largest absolute Gasteiger partial charge is 0.312 e. The molecule has 16 heavy (non-hydrogen) atoms. The lowest BCUT2D eigenvalue weighted by Gasteiger charge is -2.55. The molecule has 3 heteroatoms. The molecule has 1 aliphatic carbocycles. The van der Waals surface area contributed by atoms with Crippen LogP contribution in [0.2, 0.25) is 0 Å². The molecule has 1 saturated carbocycles. The molecule has 5 atom stereocenters. The summed E-state index contributed by atoms with van der Waals surface area (Å²) in [5.74, 6) is 0.975. The normalized spacial score (nSPS) is 52.1. The number of piperazine rings is 1. The zero-order valence-electron chi connectivity index (χ0n) is 9.99. The smallest absolute Gasteiger partial charge is 0.0256 e. The minimum absolute atomic E-state index is 0.797. The summed E-state index contributed by atoms with van der Waals surface area (Å²) < 4.78 is 0. The molecular weight excluding hydrogens is 198 g/mol. The Morgan fingerprint density at radius 3 is 2.44 bits per heavy atom. The van der Waals surface area contributed by atoms with Gasteiger partial charge in [0, 0.05) is 37.3 Å². The van der Waals surface area contributed by atoms with Crippen LogP contribution in [0.4, 0.5) is 0 Å².